The second-order valence-corrected chi connectivity index (χ2v) is 11.7. The molecule has 1 saturated heterocycles. The van der Waals surface area contributed by atoms with Crippen molar-refractivity contribution in [1.29, 1.82) is 0 Å². The number of aromatic nitrogens is 2. The summed E-state index contributed by atoms with van der Waals surface area (Å²) in [6.07, 6.45) is 0. The van der Waals surface area contributed by atoms with Crippen molar-refractivity contribution in [1.82, 2.24) is 9.97 Å². The first-order chi connectivity index (χ1) is 9.05. The van der Waals surface area contributed by atoms with Gasteiger partial charge in [-0.2, -0.15) is 18.1 Å². The highest BCUT2D eigenvalue weighted by Crippen LogP contribution is 2.30. The molecule has 2 heterocycles. The summed E-state index contributed by atoms with van der Waals surface area (Å²) in [6.45, 7) is 7.12. The summed E-state index contributed by atoms with van der Waals surface area (Å²) in [6, 6.07) is 10.7. The maximum Gasteiger partial charge on any atom is 0.224 e. The first kappa shape index (κ1) is 12.9. The van der Waals surface area contributed by atoms with Crippen molar-refractivity contribution in [2.24, 2.45) is 0 Å². The summed E-state index contributed by atoms with van der Waals surface area (Å²) in [5.41, 5.74) is 0.930. The number of anilines is 1. The largest absolute Gasteiger partial charge is 0.362 e. The van der Waals surface area contributed by atoms with Crippen molar-refractivity contribution in [3.05, 3.63) is 29.5 Å². The third-order valence-electron chi connectivity index (χ3n) is 3.97. The Hall–Kier alpha value is -1.13. The van der Waals surface area contributed by atoms with E-state index in [9.17, 15) is 0 Å². The summed E-state index contributed by atoms with van der Waals surface area (Å²) < 4.78 is 0. The van der Waals surface area contributed by atoms with Crippen LogP contribution in [0, 0.1) is 0 Å². The zero-order valence-electron chi connectivity index (χ0n) is 11.4. The smallest absolute Gasteiger partial charge is 0.224 e. The minimum Gasteiger partial charge on any atom is -0.362 e. The van der Waals surface area contributed by atoms with Gasteiger partial charge in [-0.15, -0.1) is 20.2 Å². The van der Waals surface area contributed by atoms with Crippen LogP contribution in [-0.2, 0) is 0 Å². The lowest BCUT2D eigenvalue weighted by atomic mass is 10.2. The van der Waals surface area contributed by atoms with Gasteiger partial charge in [0, 0.05) is 5.39 Å². The molecule has 2 aromatic rings. The quantitative estimate of drug-likeness (QED) is 0.591. The third kappa shape index (κ3) is 2.60. The Balaban J connectivity index is 2.01. The van der Waals surface area contributed by atoms with Gasteiger partial charge in [0.05, 0.1) is 5.52 Å². The lowest BCUT2D eigenvalue weighted by Gasteiger charge is -2.44. The summed E-state index contributed by atoms with van der Waals surface area (Å²) in [5, 5.41) is 1.45. The van der Waals surface area contributed by atoms with Crippen molar-refractivity contribution in [3.63, 3.8) is 0 Å². The SMILES string of the molecule is C[Si-]1(C)CCN(c2nc(Cl)nc3ccccc23)CC1. The van der Waals surface area contributed by atoms with E-state index in [1.165, 1.54) is 12.1 Å². The van der Waals surface area contributed by atoms with Crippen molar-refractivity contribution in [3.8, 4) is 0 Å². The van der Waals surface area contributed by atoms with Crippen LogP contribution in [0.25, 0.3) is 10.9 Å². The van der Waals surface area contributed by atoms with Crippen LogP contribution in [0.1, 0.15) is 0 Å². The number of hydrogen-bond donors (Lipinski definition) is 0. The molecule has 1 aliphatic rings. The van der Waals surface area contributed by atoms with E-state index in [0.29, 0.717) is 5.28 Å². The molecule has 1 fully saturated rings. The second-order valence-electron chi connectivity index (χ2n) is 5.98. The van der Waals surface area contributed by atoms with E-state index in [1.54, 1.807) is 0 Å². The van der Waals surface area contributed by atoms with E-state index in [2.05, 4.69) is 34.0 Å². The molecule has 0 amide bonds. The van der Waals surface area contributed by atoms with Crippen molar-refractivity contribution >= 4 is 36.4 Å². The normalized spacial score (nSPS) is 18.8. The molecule has 3 rings (SSSR count). The van der Waals surface area contributed by atoms with Crippen LogP contribution in [0.2, 0.25) is 30.5 Å². The Morgan fingerprint density at radius 1 is 1.11 bits per heavy atom. The molecule has 101 valence electrons. The highest BCUT2D eigenvalue weighted by molar-refractivity contribution is 6.77. The number of halogens is 1. The maximum absolute atomic E-state index is 6.06. The Kier molecular flexibility index (Phi) is 3.23. The predicted molar refractivity (Wildman–Crippen MR) is 83.9 cm³/mol. The van der Waals surface area contributed by atoms with Crippen LogP contribution >= 0.6 is 11.6 Å². The minimum atomic E-state index is -0.964. The lowest BCUT2D eigenvalue weighted by molar-refractivity contribution is 0.794. The van der Waals surface area contributed by atoms with E-state index < -0.39 is 8.07 Å². The number of para-hydroxylation sites is 1. The van der Waals surface area contributed by atoms with Crippen LogP contribution < -0.4 is 4.90 Å². The molecular weight excluding hydrogens is 274 g/mol. The van der Waals surface area contributed by atoms with Gasteiger partial charge in [-0.3, -0.25) is 0 Å². The van der Waals surface area contributed by atoms with E-state index in [-0.39, 0.29) is 0 Å². The van der Waals surface area contributed by atoms with Gasteiger partial charge in [0.1, 0.15) is 5.82 Å². The first-order valence-corrected chi connectivity index (χ1v) is 10.5. The topological polar surface area (TPSA) is 29.0 Å². The van der Waals surface area contributed by atoms with Crippen molar-refractivity contribution in [2.45, 2.75) is 25.2 Å². The molecule has 0 unspecified atom stereocenters. The number of benzene rings is 1. The highest BCUT2D eigenvalue weighted by atomic mass is 35.5. The lowest BCUT2D eigenvalue weighted by Crippen LogP contribution is -2.43. The fraction of sp³-hybridized carbons (Fsp3) is 0.429. The molecule has 0 N–H and O–H groups in total. The Morgan fingerprint density at radius 2 is 1.79 bits per heavy atom. The van der Waals surface area contributed by atoms with Crippen LogP contribution in [-0.4, -0.2) is 31.1 Å². The van der Waals surface area contributed by atoms with Gasteiger partial charge in [-0.05, 0) is 36.8 Å². The number of nitrogens with zero attached hydrogens (tertiary/aromatic N) is 3. The molecule has 0 spiro atoms. The van der Waals surface area contributed by atoms with Gasteiger partial charge in [-0.25, -0.2) is 4.98 Å². The maximum atomic E-state index is 6.06. The average molecular weight is 292 g/mol. The number of fused-ring (bicyclic) bond motifs is 1. The summed E-state index contributed by atoms with van der Waals surface area (Å²) >= 11 is 6.06. The van der Waals surface area contributed by atoms with Crippen LogP contribution in [0.5, 0.6) is 0 Å². The van der Waals surface area contributed by atoms with E-state index in [1.807, 2.05) is 18.2 Å². The molecular formula is C14H18ClN3Si-. The van der Waals surface area contributed by atoms with Gasteiger partial charge < -0.3 is 4.90 Å². The van der Waals surface area contributed by atoms with Gasteiger partial charge >= 0.3 is 0 Å². The molecule has 1 aromatic heterocycles. The molecule has 5 heteroatoms. The minimum absolute atomic E-state index is 0.343. The summed E-state index contributed by atoms with van der Waals surface area (Å²) in [4.78, 5) is 11.1. The van der Waals surface area contributed by atoms with Crippen LogP contribution in [0.4, 0.5) is 5.82 Å². The van der Waals surface area contributed by atoms with E-state index in [4.69, 9.17) is 11.6 Å². The van der Waals surface area contributed by atoms with E-state index in [0.717, 1.165) is 29.8 Å². The average Bonchev–Trinajstić information content (AvgIpc) is 2.38. The van der Waals surface area contributed by atoms with Gasteiger partial charge in [0.15, 0.2) is 0 Å². The molecule has 0 radical (unpaired) electrons. The Bertz CT molecular complexity index is 605. The van der Waals surface area contributed by atoms with Gasteiger partial charge in [-0.1, -0.05) is 12.1 Å². The molecule has 0 saturated carbocycles. The Labute approximate surface area is 119 Å². The second kappa shape index (κ2) is 4.76. The Morgan fingerprint density at radius 3 is 2.53 bits per heavy atom. The van der Waals surface area contributed by atoms with Crippen molar-refractivity contribution in [2.75, 3.05) is 18.0 Å². The van der Waals surface area contributed by atoms with Crippen LogP contribution in [0.3, 0.4) is 0 Å². The molecule has 0 aliphatic carbocycles. The molecule has 3 nitrogen and oxygen atoms in total. The molecule has 0 atom stereocenters. The molecule has 1 aromatic carbocycles. The summed E-state index contributed by atoms with van der Waals surface area (Å²) in [7, 11) is -0.964. The standard InChI is InChI=1S/C14H18ClN3Si/c1-19(2)9-7-18(8-10-19)13-11-5-3-4-6-12(11)16-14(15)17-13/h3-6H,7-10H2,1-2H3/q-1. The van der Waals surface area contributed by atoms with Gasteiger partial charge in [0.25, 0.3) is 0 Å². The van der Waals surface area contributed by atoms with Gasteiger partial charge in [0.2, 0.25) is 5.28 Å². The zero-order chi connectivity index (χ0) is 13.5. The highest BCUT2D eigenvalue weighted by Gasteiger charge is 2.21. The fourth-order valence-corrected chi connectivity index (χ4v) is 4.77. The molecule has 1 aliphatic heterocycles. The molecule has 0 bridgehead atoms. The molecule has 19 heavy (non-hydrogen) atoms. The fourth-order valence-electron chi connectivity index (χ4n) is 2.60. The summed E-state index contributed by atoms with van der Waals surface area (Å²) in [5.74, 6) is 1.00. The predicted octanol–water partition coefficient (Wildman–Crippen LogP) is 3.81. The van der Waals surface area contributed by atoms with E-state index >= 15 is 0 Å². The van der Waals surface area contributed by atoms with Crippen molar-refractivity contribution < 1.29 is 0 Å². The first-order valence-electron chi connectivity index (χ1n) is 6.72. The zero-order valence-corrected chi connectivity index (χ0v) is 13.1. The third-order valence-corrected chi connectivity index (χ3v) is 7.30. The monoisotopic (exact) mass is 291 g/mol. The van der Waals surface area contributed by atoms with Crippen LogP contribution in [0.15, 0.2) is 24.3 Å². The number of hydrogen-bond acceptors (Lipinski definition) is 3. The number of rotatable bonds is 1.